The fourth-order valence-electron chi connectivity index (χ4n) is 4.37. The summed E-state index contributed by atoms with van der Waals surface area (Å²) in [7, 11) is 0. The predicted octanol–water partition coefficient (Wildman–Crippen LogP) is 4.18. The fraction of sp³-hybridized carbons (Fsp3) is 0.458. The summed E-state index contributed by atoms with van der Waals surface area (Å²) in [5.74, 6) is 1.54. The lowest BCUT2D eigenvalue weighted by Crippen LogP contribution is -2.35. The number of para-hydroxylation sites is 1. The fourth-order valence-corrected chi connectivity index (χ4v) is 4.37. The molecule has 148 valence electrons. The first-order valence-corrected chi connectivity index (χ1v) is 10.6. The molecule has 4 heteroatoms. The molecule has 0 radical (unpaired) electrons. The number of piperidine rings is 1. The number of nitrogens with zero attached hydrogens (tertiary/aromatic N) is 2. The largest absolute Gasteiger partial charge is 0.491 e. The van der Waals surface area contributed by atoms with Crippen LogP contribution in [0.5, 0.6) is 5.75 Å². The van der Waals surface area contributed by atoms with Crippen LogP contribution in [-0.4, -0.2) is 55.0 Å². The molecular formula is C24H30N2O2. The van der Waals surface area contributed by atoms with Crippen molar-refractivity contribution >= 4 is 5.91 Å². The smallest absolute Gasteiger partial charge is 0.257 e. The van der Waals surface area contributed by atoms with Crippen molar-refractivity contribution in [2.24, 2.45) is 0 Å². The maximum Gasteiger partial charge on any atom is 0.257 e. The minimum atomic E-state index is 0.108. The van der Waals surface area contributed by atoms with Gasteiger partial charge in [-0.1, -0.05) is 42.5 Å². The number of amides is 1. The quantitative estimate of drug-likeness (QED) is 0.707. The van der Waals surface area contributed by atoms with Gasteiger partial charge in [-0.25, -0.2) is 0 Å². The molecule has 0 N–H and O–H groups in total. The maximum absolute atomic E-state index is 12.7. The monoisotopic (exact) mass is 378 g/mol. The second-order valence-corrected chi connectivity index (χ2v) is 7.87. The molecule has 28 heavy (non-hydrogen) atoms. The zero-order valence-electron chi connectivity index (χ0n) is 16.6. The van der Waals surface area contributed by atoms with Crippen LogP contribution in [0.2, 0.25) is 0 Å². The van der Waals surface area contributed by atoms with Crippen LogP contribution in [0.25, 0.3) is 0 Å². The molecule has 0 unspecified atom stereocenters. The van der Waals surface area contributed by atoms with E-state index in [0.29, 0.717) is 24.6 Å². The molecule has 2 aliphatic rings. The molecule has 2 heterocycles. The van der Waals surface area contributed by atoms with Crippen LogP contribution in [0.3, 0.4) is 0 Å². The number of fused-ring (bicyclic) bond motifs is 1. The number of hydrogen-bond acceptors (Lipinski definition) is 3. The third-order valence-corrected chi connectivity index (χ3v) is 6.03. The number of unbranched alkanes of at least 4 members (excludes halogenated alkanes) is 1. The predicted molar refractivity (Wildman–Crippen MR) is 112 cm³/mol. The molecule has 2 aromatic rings. The Morgan fingerprint density at radius 2 is 1.57 bits per heavy atom. The number of carbonyl (C=O) groups is 1. The highest BCUT2D eigenvalue weighted by molar-refractivity contribution is 5.97. The van der Waals surface area contributed by atoms with Gasteiger partial charge in [-0.05, 0) is 68.9 Å². The van der Waals surface area contributed by atoms with Crippen molar-refractivity contribution in [3.63, 3.8) is 0 Å². The van der Waals surface area contributed by atoms with E-state index in [-0.39, 0.29) is 5.91 Å². The lowest BCUT2D eigenvalue weighted by molar-refractivity contribution is 0.0750. The van der Waals surface area contributed by atoms with Crippen molar-refractivity contribution < 1.29 is 9.53 Å². The molecule has 4 nitrogen and oxygen atoms in total. The Labute approximate surface area is 168 Å². The topological polar surface area (TPSA) is 32.8 Å². The van der Waals surface area contributed by atoms with Crippen molar-refractivity contribution in [3.8, 4) is 5.75 Å². The molecular weight excluding hydrogens is 348 g/mol. The molecule has 1 amide bonds. The second kappa shape index (κ2) is 9.24. The molecule has 0 aliphatic carbocycles. The molecule has 2 aliphatic heterocycles. The van der Waals surface area contributed by atoms with Gasteiger partial charge in [0.1, 0.15) is 12.4 Å². The lowest BCUT2D eigenvalue weighted by Gasteiger charge is -2.32. The van der Waals surface area contributed by atoms with E-state index < -0.39 is 0 Å². The summed E-state index contributed by atoms with van der Waals surface area (Å²) in [5, 5.41) is 0. The maximum atomic E-state index is 12.7. The summed E-state index contributed by atoms with van der Waals surface area (Å²) in [6, 6.07) is 18.5. The van der Waals surface area contributed by atoms with E-state index in [4.69, 9.17) is 4.74 Å². The molecule has 4 rings (SSSR count). The van der Waals surface area contributed by atoms with E-state index >= 15 is 0 Å². The van der Waals surface area contributed by atoms with Crippen molar-refractivity contribution in [2.75, 3.05) is 39.3 Å². The number of benzene rings is 2. The van der Waals surface area contributed by atoms with Gasteiger partial charge in [0.25, 0.3) is 5.91 Å². The summed E-state index contributed by atoms with van der Waals surface area (Å²) >= 11 is 0. The first-order chi connectivity index (χ1) is 13.8. The minimum Gasteiger partial charge on any atom is -0.491 e. The molecule has 0 bridgehead atoms. The van der Waals surface area contributed by atoms with Crippen LogP contribution < -0.4 is 4.74 Å². The Morgan fingerprint density at radius 1 is 0.857 bits per heavy atom. The van der Waals surface area contributed by atoms with Gasteiger partial charge in [-0.2, -0.15) is 0 Å². The average molecular weight is 379 g/mol. The Hall–Kier alpha value is -2.33. The Morgan fingerprint density at radius 3 is 2.39 bits per heavy atom. The van der Waals surface area contributed by atoms with E-state index in [9.17, 15) is 4.79 Å². The van der Waals surface area contributed by atoms with Gasteiger partial charge in [0.2, 0.25) is 0 Å². The average Bonchev–Trinajstić information content (AvgIpc) is 2.91. The van der Waals surface area contributed by atoms with Crippen molar-refractivity contribution in [1.29, 1.82) is 0 Å². The first-order valence-electron chi connectivity index (χ1n) is 10.6. The normalized spacial score (nSPS) is 18.4. The zero-order chi connectivity index (χ0) is 19.2. The molecule has 0 atom stereocenters. The summed E-state index contributed by atoms with van der Waals surface area (Å²) in [5.41, 5.74) is 2.19. The van der Waals surface area contributed by atoms with Crippen LogP contribution >= 0.6 is 0 Å². The third-order valence-electron chi connectivity index (χ3n) is 6.03. The number of likely N-dealkylation sites (tertiary alicyclic amines) is 1. The Balaban J connectivity index is 1.19. The molecule has 1 saturated heterocycles. The third kappa shape index (κ3) is 4.56. The van der Waals surface area contributed by atoms with Gasteiger partial charge in [0.05, 0.1) is 12.1 Å². The molecule has 0 saturated carbocycles. The standard InChI is InChI=1S/C24H30N2O2/c27-24-22-10-4-5-11-23(22)28-19-18-26(24)15-7-6-14-25-16-12-21(13-17-25)20-8-2-1-3-9-20/h1-5,8-11,21H,6-7,12-19H2. The van der Waals surface area contributed by atoms with Gasteiger partial charge in [0.15, 0.2) is 0 Å². The van der Waals surface area contributed by atoms with E-state index in [0.717, 1.165) is 31.7 Å². The molecule has 0 spiro atoms. The van der Waals surface area contributed by atoms with E-state index in [1.54, 1.807) is 0 Å². The molecule has 1 fully saturated rings. The summed E-state index contributed by atoms with van der Waals surface area (Å²) in [6.07, 6.45) is 4.69. The van der Waals surface area contributed by atoms with Gasteiger partial charge >= 0.3 is 0 Å². The summed E-state index contributed by atoms with van der Waals surface area (Å²) in [4.78, 5) is 17.3. The molecule has 2 aromatic carbocycles. The van der Waals surface area contributed by atoms with E-state index in [2.05, 4.69) is 35.2 Å². The molecule has 0 aromatic heterocycles. The Bertz CT molecular complexity index is 769. The van der Waals surface area contributed by atoms with Crippen molar-refractivity contribution in [3.05, 3.63) is 65.7 Å². The van der Waals surface area contributed by atoms with Crippen LogP contribution in [0.15, 0.2) is 54.6 Å². The SMILES string of the molecule is O=C1c2ccccc2OCCN1CCCCN1CCC(c2ccccc2)CC1. The highest BCUT2D eigenvalue weighted by atomic mass is 16.5. The Kier molecular flexibility index (Phi) is 6.27. The van der Waals surface area contributed by atoms with Crippen LogP contribution in [0.1, 0.15) is 47.5 Å². The van der Waals surface area contributed by atoms with Crippen LogP contribution in [0, 0.1) is 0 Å². The first kappa shape index (κ1) is 19.0. The number of ether oxygens (including phenoxy) is 1. The van der Waals surface area contributed by atoms with Gasteiger partial charge in [-0.15, -0.1) is 0 Å². The van der Waals surface area contributed by atoms with E-state index in [1.165, 1.54) is 31.5 Å². The van der Waals surface area contributed by atoms with Crippen LogP contribution in [0.4, 0.5) is 0 Å². The van der Waals surface area contributed by atoms with Crippen molar-refractivity contribution in [2.45, 2.75) is 31.6 Å². The summed E-state index contributed by atoms with van der Waals surface area (Å²) < 4.78 is 5.73. The van der Waals surface area contributed by atoms with Gasteiger partial charge in [-0.3, -0.25) is 4.79 Å². The summed E-state index contributed by atoms with van der Waals surface area (Å²) in [6.45, 7) is 5.58. The number of carbonyl (C=O) groups excluding carboxylic acids is 1. The highest BCUT2D eigenvalue weighted by Crippen LogP contribution is 2.28. The lowest BCUT2D eigenvalue weighted by atomic mass is 9.89. The number of hydrogen-bond donors (Lipinski definition) is 0. The van der Waals surface area contributed by atoms with Crippen molar-refractivity contribution in [1.82, 2.24) is 9.80 Å². The second-order valence-electron chi connectivity index (χ2n) is 7.87. The number of rotatable bonds is 6. The highest BCUT2D eigenvalue weighted by Gasteiger charge is 2.23. The zero-order valence-corrected chi connectivity index (χ0v) is 16.6. The van der Waals surface area contributed by atoms with Gasteiger partial charge < -0.3 is 14.5 Å². The van der Waals surface area contributed by atoms with Gasteiger partial charge in [0, 0.05) is 6.54 Å². The van der Waals surface area contributed by atoms with E-state index in [1.807, 2.05) is 29.2 Å². The minimum absolute atomic E-state index is 0.108. The van der Waals surface area contributed by atoms with Crippen LogP contribution in [-0.2, 0) is 0 Å².